The van der Waals surface area contributed by atoms with Crippen LogP contribution in [0.25, 0.3) is 0 Å². The van der Waals surface area contributed by atoms with Gasteiger partial charge in [-0.25, -0.2) is 4.79 Å². The van der Waals surface area contributed by atoms with Crippen molar-refractivity contribution in [2.24, 2.45) is 23.3 Å². The van der Waals surface area contributed by atoms with Crippen molar-refractivity contribution in [1.29, 1.82) is 0 Å². The van der Waals surface area contributed by atoms with Crippen LogP contribution < -0.4 is 16.8 Å². The first kappa shape index (κ1) is 31.0. The van der Waals surface area contributed by atoms with Gasteiger partial charge in [0.25, 0.3) is 5.91 Å². The summed E-state index contributed by atoms with van der Waals surface area (Å²) >= 11 is 0. The van der Waals surface area contributed by atoms with Gasteiger partial charge in [-0.1, -0.05) is 38.2 Å². The van der Waals surface area contributed by atoms with E-state index in [1.165, 1.54) is 20.3 Å². The van der Waals surface area contributed by atoms with Crippen molar-refractivity contribution in [1.82, 2.24) is 5.32 Å². The van der Waals surface area contributed by atoms with E-state index >= 15 is 0 Å². The van der Waals surface area contributed by atoms with E-state index in [2.05, 4.69) is 5.32 Å². The molecule has 1 aliphatic carbocycles. The van der Waals surface area contributed by atoms with E-state index in [4.69, 9.17) is 25.7 Å². The van der Waals surface area contributed by atoms with Gasteiger partial charge in [0.05, 0.1) is 17.9 Å². The van der Waals surface area contributed by atoms with Crippen molar-refractivity contribution in [3.63, 3.8) is 0 Å². The highest BCUT2D eigenvalue weighted by atomic mass is 16.6. The summed E-state index contributed by atoms with van der Waals surface area (Å²) in [5, 5.41) is 13.9. The number of ketones is 1. The van der Waals surface area contributed by atoms with Crippen molar-refractivity contribution in [2.45, 2.75) is 71.4 Å². The second-order valence-corrected chi connectivity index (χ2v) is 10.1. The lowest BCUT2D eigenvalue weighted by molar-refractivity contribution is -0.116. The Morgan fingerprint density at radius 3 is 2.45 bits per heavy atom. The molecule has 6 atom stereocenters. The Kier molecular flexibility index (Phi) is 11.5. The van der Waals surface area contributed by atoms with Crippen molar-refractivity contribution in [2.75, 3.05) is 14.2 Å². The van der Waals surface area contributed by atoms with Crippen molar-refractivity contribution in [3.05, 3.63) is 58.5 Å². The van der Waals surface area contributed by atoms with Gasteiger partial charge in [0.2, 0.25) is 5.78 Å². The Hall–Kier alpha value is -3.21. The van der Waals surface area contributed by atoms with Gasteiger partial charge < -0.3 is 36.1 Å². The molecule has 2 rings (SSSR count). The molecule has 210 valence electrons. The minimum atomic E-state index is -0.970. The van der Waals surface area contributed by atoms with Gasteiger partial charge in [0, 0.05) is 43.9 Å². The highest BCUT2D eigenvalue weighted by Crippen LogP contribution is 2.29. The lowest BCUT2D eigenvalue weighted by atomic mass is 9.85. The number of fused-ring (bicyclic) bond motifs is 2. The second-order valence-electron chi connectivity index (χ2n) is 10.1. The molecule has 0 radical (unpaired) electrons. The van der Waals surface area contributed by atoms with Gasteiger partial charge in [-0.3, -0.25) is 9.59 Å². The molecule has 0 aromatic rings. The standard InChI is InChI=1S/C28H41N3O7/c1-15-10-19-13-20(14-21(32)24(19)29)31-27(34)16(2)8-7-9-22(36-5)26(38-28(30)35)18(4)12-17(3)25(33)23(11-15)37-6/h7-9,12,14-15,17,22-23,25-26,33H,10-11,13,29H2,1-6H3,(H2,30,35)(H,31,34)/b9-7-,16-8+,18-12+/t15-,17+,22+,23+,25-,26+/m1/s1. The Morgan fingerprint density at radius 1 is 1.16 bits per heavy atom. The molecule has 6 N–H and O–H groups in total. The number of amides is 2. The first-order valence-electron chi connectivity index (χ1n) is 12.6. The molecule has 10 heteroatoms. The molecule has 0 aromatic heterocycles. The van der Waals surface area contributed by atoms with E-state index in [0.29, 0.717) is 36.1 Å². The average molecular weight is 532 g/mol. The lowest BCUT2D eigenvalue weighted by Crippen LogP contribution is -2.37. The van der Waals surface area contributed by atoms with Crippen LogP contribution in [0.3, 0.4) is 0 Å². The smallest absolute Gasteiger partial charge is 0.405 e. The van der Waals surface area contributed by atoms with Crippen LogP contribution in [0.15, 0.2) is 58.5 Å². The van der Waals surface area contributed by atoms with Gasteiger partial charge in [-0.15, -0.1) is 0 Å². The summed E-state index contributed by atoms with van der Waals surface area (Å²) in [6.07, 6.45) is 5.40. The second kappa shape index (κ2) is 14.1. The summed E-state index contributed by atoms with van der Waals surface area (Å²) in [4.78, 5) is 37.0. The molecule has 2 amide bonds. The highest BCUT2D eigenvalue weighted by Gasteiger charge is 2.30. The quantitative estimate of drug-likeness (QED) is 0.404. The average Bonchev–Trinajstić information content (AvgIpc) is 2.85. The summed E-state index contributed by atoms with van der Waals surface area (Å²) in [7, 11) is 3.00. The summed E-state index contributed by atoms with van der Waals surface area (Å²) in [5.74, 6) is -1.07. The van der Waals surface area contributed by atoms with Crippen LogP contribution in [0.2, 0.25) is 0 Å². The van der Waals surface area contributed by atoms with Crippen LogP contribution in [0.4, 0.5) is 4.79 Å². The maximum absolute atomic E-state index is 12.8. The molecule has 2 bridgehead atoms. The number of rotatable bonds is 3. The van der Waals surface area contributed by atoms with Crippen LogP contribution in [0.5, 0.6) is 0 Å². The third-order valence-electron chi connectivity index (χ3n) is 6.87. The van der Waals surface area contributed by atoms with E-state index < -0.39 is 30.5 Å². The van der Waals surface area contributed by atoms with Crippen molar-refractivity contribution >= 4 is 17.8 Å². The van der Waals surface area contributed by atoms with Gasteiger partial charge >= 0.3 is 6.09 Å². The van der Waals surface area contributed by atoms with E-state index in [9.17, 15) is 19.5 Å². The van der Waals surface area contributed by atoms with Gasteiger partial charge in [0.15, 0.2) is 6.10 Å². The zero-order chi connectivity index (χ0) is 28.6. The normalized spacial score (nSPS) is 33.8. The number of methoxy groups -OCH3 is 2. The van der Waals surface area contributed by atoms with Crippen LogP contribution in [0, 0.1) is 11.8 Å². The summed E-state index contributed by atoms with van der Waals surface area (Å²) in [5.41, 5.74) is 13.8. The first-order chi connectivity index (χ1) is 17.9. The molecule has 0 saturated carbocycles. The molecule has 0 aromatic carbocycles. The Bertz CT molecular complexity index is 1060. The van der Waals surface area contributed by atoms with Gasteiger partial charge in [-0.05, 0) is 43.8 Å². The zero-order valence-electron chi connectivity index (χ0n) is 23.0. The molecular formula is C28H41N3O7. The number of hydrogen-bond donors (Lipinski definition) is 4. The number of nitrogens with one attached hydrogen (secondary N) is 1. The zero-order valence-corrected chi connectivity index (χ0v) is 23.0. The lowest BCUT2D eigenvalue weighted by Gasteiger charge is -2.30. The maximum Gasteiger partial charge on any atom is 0.405 e. The number of ether oxygens (including phenoxy) is 3. The number of carbonyl (C=O) groups excluding carboxylic acids is 3. The molecule has 0 fully saturated rings. The third-order valence-corrected chi connectivity index (χ3v) is 6.87. The van der Waals surface area contributed by atoms with Crippen LogP contribution in [-0.2, 0) is 23.8 Å². The van der Waals surface area contributed by atoms with Crippen molar-refractivity contribution in [3.8, 4) is 0 Å². The highest BCUT2D eigenvalue weighted by molar-refractivity contribution is 6.06. The summed E-state index contributed by atoms with van der Waals surface area (Å²) in [6, 6.07) is 0. The van der Waals surface area contributed by atoms with E-state index in [0.717, 1.165) is 5.57 Å². The molecule has 1 heterocycles. The Balaban J connectivity index is 2.52. The molecule has 0 spiro atoms. The van der Waals surface area contributed by atoms with Crippen LogP contribution >= 0.6 is 0 Å². The number of aliphatic hydroxyl groups is 1. The van der Waals surface area contributed by atoms with E-state index in [1.54, 1.807) is 38.2 Å². The predicted molar refractivity (Wildman–Crippen MR) is 143 cm³/mol. The fourth-order valence-electron chi connectivity index (χ4n) is 4.75. The number of aliphatic hydroxyl groups excluding tert-OH is 1. The maximum atomic E-state index is 12.8. The number of carbonyl (C=O) groups is 3. The largest absolute Gasteiger partial charge is 0.439 e. The molecule has 38 heavy (non-hydrogen) atoms. The minimum absolute atomic E-state index is 0.0139. The first-order valence-corrected chi connectivity index (χ1v) is 12.6. The SMILES string of the molecule is CO[C@H]1/C=C\C=C(/C)C(=O)NC2=CC(=O)C(N)=C(C2)C[C@@H](C)C[C@H](OC)[C@H](O)[C@@H](C)/C=C(\C)[C@@H]1OC(N)=O. The third kappa shape index (κ3) is 8.41. The fourth-order valence-corrected chi connectivity index (χ4v) is 4.75. The molecule has 10 nitrogen and oxygen atoms in total. The predicted octanol–water partition coefficient (Wildman–Crippen LogP) is 2.54. The monoisotopic (exact) mass is 531 g/mol. The Labute approximate surface area is 224 Å². The number of primary amides is 1. The van der Waals surface area contributed by atoms with Gasteiger partial charge in [0.1, 0.15) is 6.10 Å². The molecule has 1 aliphatic heterocycles. The molecule has 2 aliphatic rings. The van der Waals surface area contributed by atoms with Crippen LogP contribution in [0.1, 0.15) is 47.0 Å². The fraction of sp³-hybridized carbons (Fsp3) is 0.536. The number of hydrogen-bond acceptors (Lipinski definition) is 8. The van der Waals surface area contributed by atoms with Crippen LogP contribution in [-0.4, -0.2) is 61.5 Å². The number of nitrogens with two attached hydrogens (primary N) is 2. The van der Waals surface area contributed by atoms with Crippen molar-refractivity contribution < 1.29 is 33.7 Å². The molecular weight excluding hydrogens is 490 g/mol. The van der Waals surface area contributed by atoms with E-state index in [1.807, 2.05) is 13.8 Å². The number of allylic oxidation sites excluding steroid dienone is 4. The minimum Gasteiger partial charge on any atom is -0.439 e. The summed E-state index contributed by atoms with van der Waals surface area (Å²) < 4.78 is 16.5. The molecule has 0 saturated heterocycles. The molecule has 0 unspecified atom stereocenters. The van der Waals surface area contributed by atoms with E-state index in [-0.39, 0.29) is 29.2 Å². The Morgan fingerprint density at radius 2 is 1.84 bits per heavy atom. The topological polar surface area (TPSA) is 163 Å². The summed E-state index contributed by atoms with van der Waals surface area (Å²) in [6.45, 7) is 7.23. The van der Waals surface area contributed by atoms with Gasteiger partial charge in [-0.2, -0.15) is 0 Å².